The molecule has 1 rings (SSSR count). The van der Waals surface area contributed by atoms with Crippen molar-refractivity contribution in [2.45, 2.75) is 19.8 Å². The molecule has 0 heterocycles. The first-order chi connectivity index (χ1) is 7.09. The molecular weight excluding hydrogens is 217 g/mol. The maximum atomic E-state index is 12.8. The summed E-state index contributed by atoms with van der Waals surface area (Å²) in [6, 6.07) is 4.47. The van der Waals surface area contributed by atoms with Crippen LogP contribution >= 0.6 is 11.6 Å². The molecule has 0 fully saturated rings. The van der Waals surface area contributed by atoms with Gasteiger partial charge >= 0.3 is 0 Å². The quantitative estimate of drug-likeness (QED) is 0.786. The summed E-state index contributed by atoms with van der Waals surface area (Å²) in [5, 5.41) is 3.17. The van der Waals surface area contributed by atoms with Crippen molar-refractivity contribution in [1.29, 1.82) is 0 Å². The molecule has 0 aliphatic carbocycles. The van der Waals surface area contributed by atoms with Gasteiger partial charge in [0.25, 0.3) is 0 Å². The summed E-state index contributed by atoms with van der Waals surface area (Å²) in [6.45, 7) is 2.25. The second-order valence-corrected chi connectivity index (χ2v) is 3.77. The lowest BCUT2D eigenvalue weighted by atomic mass is 10.2. The molecule has 0 radical (unpaired) electrons. The predicted octanol–water partition coefficient (Wildman–Crippen LogP) is 3.26. The fraction of sp³-hybridized carbons (Fsp3) is 0.364. The fourth-order valence-corrected chi connectivity index (χ4v) is 1.36. The number of carbonyl (C=O) groups is 1. The fourth-order valence-electron chi connectivity index (χ4n) is 1.18. The molecule has 0 amide bonds. The van der Waals surface area contributed by atoms with Crippen LogP contribution < -0.4 is 5.32 Å². The van der Waals surface area contributed by atoms with Crippen LogP contribution in [0.5, 0.6) is 0 Å². The van der Waals surface area contributed by atoms with Crippen molar-refractivity contribution in [3.05, 3.63) is 29.0 Å². The van der Waals surface area contributed by atoms with Crippen molar-refractivity contribution in [1.82, 2.24) is 0 Å². The number of carbonyl (C=O) groups excluding carboxylic acids is 1. The van der Waals surface area contributed by atoms with Gasteiger partial charge < -0.3 is 10.1 Å². The molecule has 0 unspecified atom stereocenters. The highest BCUT2D eigenvalue weighted by molar-refractivity contribution is 6.31. The molecule has 0 aliphatic heterocycles. The lowest BCUT2D eigenvalue weighted by molar-refractivity contribution is -0.117. The molecule has 82 valence electrons. The van der Waals surface area contributed by atoms with E-state index < -0.39 is 5.82 Å². The van der Waals surface area contributed by atoms with Gasteiger partial charge in [-0.1, -0.05) is 11.6 Å². The highest BCUT2D eigenvalue weighted by atomic mass is 35.5. The molecular formula is C11H13ClFNO. The second-order valence-electron chi connectivity index (χ2n) is 3.36. The summed E-state index contributed by atoms with van der Waals surface area (Å²) in [5.74, 6) is -0.250. The topological polar surface area (TPSA) is 29.1 Å². The molecule has 0 saturated carbocycles. The van der Waals surface area contributed by atoms with Gasteiger partial charge in [-0.2, -0.15) is 0 Å². The molecule has 1 aromatic carbocycles. The van der Waals surface area contributed by atoms with Crippen molar-refractivity contribution in [3.8, 4) is 0 Å². The summed E-state index contributed by atoms with van der Waals surface area (Å²) >= 11 is 5.61. The number of Topliss-reactive ketones (excluding diaryl/α,β-unsaturated/α-hetero) is 1. The van der Waals surface area contributed by atoms with Crippen LogP contribution in [0.1, 0.15) is 19.8 Å². The number of rotatable bonds is 5. The predicted molar refractivity (Wildman–Crippen MR) is 59.8 cm³/mol. The molecule has 1 aromatic rings. The van der Waals surface area contributed by atoms with Gasteiger partial charge in [-0.25, -0.2) is 4.39 Å². The Balaban J connectivity index is 2.38. The highest BCUT2D eigenvalue weighted by Gasteiger charge is 2.00. The van der Waals surface area contributed by atoms with Crippen molar-refractivity contribution in [2.75, 3.05) is 11.9 Å². The van der Waals surface area contributed by atoms with Crippen LogP contribution in [-0.4, -0.2) is 12.3 Å². The van der Waals surface area contributed by atoms with Crippen LogP contribution in [0.2, 0.25) is 5.02 Å². The third-order valence-electron chi connectivity index (χ3n) is 1.95. The lowest BCUT2D eigenvalue weighted by Crippen LogP contribution is -2.03. The Morgan fingerprint density at radius 2 is 2.27 bits per heavy atom. The third-order valence-corrected chi connectivity index (χ3v) is 2.24. The van der Waals surface area contributed by atoms with Crippen molar-refractivity contribution in [2.24, 2.45) is 0 Å². The first-order valence-corrected chi connectivity index (χ1v) is 5.16. The van der Waals surface area contributed by atoms with E-state index in [-0.39, 0.29) is 10.8 Å². The van der Waals surface area contributed by atoms with E-state index >= 15 is 0 Å². The van der Waals surface area contributed by atoms with Gasteiger partial charge in [-0.3, -0.25) is 0 Å². The van der Waals surface area contributed by atoms with Gasteiger partial charge in [0.1, 0.15) is 11.6 Å². The third kappa shape index (κ3) is 4.30. The van der Waals surface area contributed by atoms with E-state index in [1.807, 2.05) is 0 Å². The first-order valence-electron chi connectivity index (χ1n) is 4.78. The van der Waals surface area contributed by atoms with Gasteiger partial charge in [0.05, 0.1) is 5.02 Å². The minimum Gasteiger partial charge on any atom is -0.385 e. The Kier molecular flexibility index (Phi) is 4.56. The number of hydrogen-bond donors (Lipinski definition) is 1. The smallest absolute Gasteiger partial charge is 0.141 e. The van der Waals surface area contributed by atoms with E-state index in [4.69, 9.17) is 11.6 Å². The van der Waals surface area contributed by atoms with E-state index in [0.717, 1.165) is 12.1 Å². The zero-order chi connectivity index (χ0) is 11.3. The Bertz CT molecular complexity index is 354. The largest absolute Gasteiger partial charge is 0.385 e. The summed E-state index contributed by atoms with van der Waals surface area (Å²) < 4.78 is 12.8. The van der Waals surface area contributed by atoms with E-state index in [9.17, 15) is 9.18 Å². The average molecular weight is 230 g/mol. The molecule has 1 N–H and O–H groups in total. The Hall–Kier alpha value is -1.09. The Morgan fingerprint density at radius 3 is 2.87 bits per heavy atom. The normalized spacial score (nSPS) is 10.1. The summed E-state index contributed by atoms with van der Waals surface area (Å²) in [6.07, 6.45) is 1.33. The Labute approximate surface area is 93.4 Å². The molecule has 0 atom stereocenters. The van der Waals surface area contributed by atoms with Gasteiger partial charge in [0, 0.05) is 18.7 Å². The molecule has 0 saturated heterocycles. The van der Waals surface area contributed by atoms with Crippen LogP contribution in [0.25, 0.3) is 0 Å². The zero-order valence-corrected chi connectivity index (χ0v) is 9.27. The summed E-state index contributed by atoms with van der Waals surface area (Å²) in [5.41, 5.74) is 0.768. The number of ketones is 1. The Morgan fingerprint density at radius 1 is 1.53 bits per heavy atom. The number of hydrogen-bond acceptors (Lipinski definition) is 2. The minimum absolute atomic E-state index is 0.103. The maximum Gasteiger partial charge on any atom is 0.141 e. The van der Waals surface area contributed by atoms with Gasteiger partial charge in [-0.15, -0.1) is 0 Å². The van der Waals surface area contributed by atoms with E-state index in [0.29, 0.717) is 13.0 Å². The second kappa shape index (κ2) is 5.71. The van der Waals surface area contributed by atoms with Gasteiger partial charge in [0.15, 0.2) is 0 Å². The molecule has 0 aliphatic rings. The number of benzene rings is 1. The summed E-state index contributed by atoms with van der Waals surface area (Å²) in [7, 11) is 0. The van der Waals surface area contributed by atoms with Crippen LogP contribution in [0.15, 0.2) is 18.2 Å². The van der Waals surface area contributed by atoms with Crippen molar-refractivity contribution >= 4 is 23.1 Å². The minimum atomic E-state index is -0.425. The van der Waals surface area contributed by atoms with E-state index in [1.165, 1.54) is 12.1 Å². The van der Waals surface area contributed by atoms with E-state index in [1.54, 1.807) is 13.0 Å². The van der Waals surface area contributed by atoms with Gasteiger partial charge in [0.2, 0.25) is 0 Å². The number of nitrogens with one attached hydrogen (secondary N) is 1. The van der Waals surface area contributed by atoms with E-state index in [2.05, 4.69) is 5.32 Å². The number of halogens is 2. The average Bonchev–Trinajstić information content (AvgIpc) is 2.18. The van der Waals surface area contributed by atoms with Crippen molar-refractivity contribution in [3.63, 3.8) is 0 Å². The molecule has 4 heteroatoms. The zero-order valence-electron chi connectivity index (χ0n) is 8.52. The van der Waals surface area contributed by atoms with Crippen LogP contribution in [0.3, 0.4) is 0 Å². The van der Waals surface area contributed by atoms with Crippen LogP contribution in [0.4, 0.5) is 10.1 Å². The first kappa shape index (κ1) is 12.0. The van der Waals surface area contributed by atoms with Crippen molar-refractivity contribution < 1.29 is 9.18 Å². The van der Waals surface area contributed by atoms with Crippen LogP contribution in [-0.2, 0) is 4.79 Å². The molecule has 2 nitrogen and oxygen atoms in total. The van der Waals surface area contributed by atoms with Gasteiger partial charge in [-0.05, 0) is 31.5 Å². The standard InChI is InChI=1S/C11H13ClFNO/c1-8(15)3-2-6-14-9-4-5-11(13)10(12)7-9/h4-5,7,14H,2-3,6H2,1H3. The molecule has 0 spiro atoms. The summed E-state index contributed by atoms with van der Waals surface area (Å²) in [4.78, 5) is 10.7. The highest BCUT2D eigenvalue weighted by Crippen LogP contribution is 2.19. The monoisotopic (exact) mass is 229 g/mol. The lowest BCUT2D eigenvalue weighted by Gasteiger charge is -2.05. The maximum absolute atomic E-state index is 12.8. The molecule has 0 aromatic heterocycles. The van der Waals surface area contributed by atoms with Crippen LogP contribution in [0, 0.1) is 5.82 Å². The molecule has 0 bridgehead atoms. The number of anilines is 1. The SMILES string of the molecule is CC(=O)CCCNc1ccc(F)c(Cl)c1. The molecule has 15 heavy (non-hydrogen) atoms.